The molecule has 0 aliphatic heterocycles. The van der Waals surface area contributed by atoms with Crippen LogP contribution in [0.5, 0.6) is 5.75 Å². The highest BCUT2D eigenvalue weighted by Crippen LogP contribution is 2.24. The van der Waals surface area contributed by atoms with Gasteiger partial charge in [0.25, 0.3) is 0 Å². The number of hydrogen-bond acceptors (Lipinski definition) is 8. The molecule has 9 heteroatoms. The summed E-state index contributed by atoms with van der Waals surface area (Å²) in [6.45, 7) is 2.62. The molecular weight excluding hydrogens is 446 g/mol. The van der Waals surface area contributed by atoms with Crippen molar-refractivity contribution in [2.24, 2.45) is 0 Å². The number of ether oxygens (including phenoxy) is 1. The predicted octanol–water partition coefficient (Wildman–Crippen LogP) is 4.67. The van der Waals surface area contributed by atoms with Gasteiger partial charge in [0.1, 0.15) is 23.6 Å². The molecule has 5 rings (SSSR count). The van der Waals surface area contributed by atoms with Gasteiger partial charge < -0.3 is 9.15 Å². The van der Waals surface area contributed by atoms with Crippen LogP contribution in [-0.4, -0.2) is 20.8 Å². The monoisotopic (exact) mass is 463 g/mol. The third kappa shape index (κ3) is 4.25. The van der Waals surface area contributed by atoms with Gasteiger partial charge in [0.15, 0.2) is 0 Å². The summed E-state index contributed by atoms with van der Waals surface area (Å²) in [6, 6.07) is 14.4. The molecule has 0 amide bonds. The molecule has 0 aliphatic rings. The molecule has 1 aromatic carbocycles. The van der Waals surface area contributed by atoms with Gasteiger partial charge in [-0.3, -0.25) is 4.79 Å². The van der Waals surface area contributed by atoms with Crippen LogP contribution in [0.25, 0.3) is 11.0 Å². The second-order valence-corrected chi connectivity index (χ2v) is 9.29. The Balaban J connectivity index is 1.23. The molecule has 7 nitrogen and oxygen atoms in total. The zero-order chi connectivity index (χ0) is 22.1. The number of benzene rings is 1. The normalized spacial score (nSPS) is 11.2. The first kappa shape index (κ1) is 20.3. The van der Waals surface area contributed by atoms with Crippen LogP contribution in [0.15, 0.2) is 69.3 Å². The Morgan fingerprint density at radius 2 is 2.06 bits per heavy atom. The topological polar surface area (TPSA) is 87.2 Å². The molecule has 0 bridgehead atoms. The van der Waals surface area contributed by atoms with E-state index in [9.17, 15) is 9.59 Å². The highest BCUT2D eigenvalue weighted by atomic mass is 32.1. The fraction of sp³-hybridized carbons (Fsp3) is 0.130. The quantitative estimate of drug-likeness (QED) is 0.257. The van der Waals surface area contributed by atoms with E-state index in [1.165, 1.54) is 28.7 Å². The Morgan fingerprint density at radius 3 is 2.91 bits per heavy atom. The van der Waals surface area contributed by atoms with Gasteiger partial charge in [0.05, 0.1) is 22.5 Å². The first-order chi connectivity index (χ1) is 15.5. The number of hydrogen-bond donors (Lipinski definition) is 0. The van der Waals surface area contributed by atoms with Gasteiger partial charge in [0.2, 0.25) is 5.78 Å². The van der Waals surface area contributed by atoms with Crippen molar-refractivity contribution in [3.63, 3.8) is 0 Å². The maximum atomic E-state index is 12.5. The minimum absolute atomic E-state index is 0.0466. The number of rotatable bonds is 7. The molecule has 0 N–H and O–H groups in total. The number of aryl methyl sites for hydroxylation is 1. The molecule has 5 aromatic rings. The van der Waals surface area contributed by atoms with Gasteiger partial charge in [-0.2, -0.15) is 0 Å². The minimum Gasteiger partial charge on any atom is -0.487 e. The van der Waals surface area contributed by atoms with E-state index in [-0.39, 0.29) is 18.0 Å². The SMILES string of the molecule is Cc1cc(=O)oc2cc(OCc3cn(Cc4ccc(C(=O)c5cccs5)s4)nn3)ccc12. The molecule has 0 fully saturated rings. The number of thiophene rings is 2. The van der Waals surface area contributed by atoms with Gasteiger partial charge in [0, 0.05) is 22.4 Å². The number of aromatic nitrogens is 3. The van der Waals surface area contributed by atoms with Gasteiger partial charge in [-0.1, -0.05) is 11.3 Å². The number of ketones is 1. The standard InChI is InChI=1S/C23H17N3O4S2/c1-14-9-22(27)30-19-10-16(4-6-18(14)19)29-13-15-11-26(25-24-15)12-17-5-7-21(32-17)23(28)20-3-2-8-31-20/h2-11H,12-13H2,1H3. The molecule has 0 radical (unpaired) electrons. The van der Waals surface area contributed by atoms with Crippen molar-refractivity contribution in [3.8, 4) is 5.75 Å². The van der Waals surface area contributed by atoms with E-state index in [0.29, 0.717) is 28.4 Å². The zero-order valence-electron chi connectivity index (χ0n) is 17.0. The Bertz CT molecular complexity index is 1460. The summed E-state index contributed by atoms with van der Waals surface area (Å²) in [5, 5.41) is 11.1. The van der Waals surface area contributed by atoms with E-state index in [2.05, 4.69) is 10.3 Å². The second-order valence-electron chi connectivity index (χ2n) is 7.17. The van der Waals surface area contributed by atoms with Crippen LogP contribution in [0.1, 0.15) is 30.7 Å². The molecule has 0 spiro atoms. The lowest BCUT2D eigenvalue weighted by Gasteiger charge is -2.06. The van der Waals surface area contributed by atoms with Crippen LogP contribution in [0.3, 0.4) is 0 Å². The van der Waals surface area contributed by atoms with E-state index < -0.39 is 0 Å². The molecule has 32 heavy (non-hydrogen) atoms. The van der Waals surface area contributed by atoms with E-state index >= 15 is 0 Å². The molecular formula is C23H17N3O4S2. The maximum Gasteiger partial charge on any atom is 0.336 e. The van der Waals surface area contributed by atoms with Crippen molar-refractivity contribution in [1.29, 1.82) is 0 Å². The molecule has 0 saturated heterocycles. The van der Waals surface area contributed by atoms with Crippen molar-refractivity contribution in [3.05, 3.63) is 96.4 Å². The largest absolute Gasteiger partial charge is 0.487 e. The highest BCUT2D eigenvalue weighted by molar-refractivity contribution is 7.16. The Hall–Kier alpha value is -3.56. The van der Waals surface area contributed by atoms with Gasteiger partial charge in [-0.25, -0.2) is 9.48 Å². The highest BCUT2D eigenvalue weighted by Gasteiger charge is 2.13. The van der Waals surface area contributed by atoms with Gasteiger partial charge in [-0.15, -0.1) is 27.8 Å². The van der Waals surface area contributed by atoms with Crippen LogP contribution in [0.4, 0.5) is 0 Å². The Kier molecular flexibility index (Phi) is 5.42. The fourth-order valence-corrected chi connectivity index (χ4v) is 5.00. The summed E-state index contributed by atoms with van der Waals surface area (Å²) in [7, 11) is 0. The zero-order valence-corrected chi connectivity index (χ0v) is 18.6. The molecule has 0 saturated carbocycles. The smallest absolute Gasteiger partial charge is 0.336 e. The lowest BCUT2D eigenvalue weighted by molar-refractivity contribution is 0.104. The molecule has 4 aromatic heterocycles. The fourth-order valence-electron chi connectivity index (χ4n) is 3.31. The summed E-state index contributed by atoms with van der Waals surface area (Å²) in [6.07, 6.45) is 1.81. The molecule has 0 unspecified atom stereocenters. The third-order valence-corrected chi connectivity index (χ3v) is 6.78. The van der Waals surface area contributed by atoms with Crippen LogP contribution in [0.2, 0.25) is 0 Å². The minimum atomic E-state index is -0.385. The first-order valence-electron chi connectivity index (χ1n) is 9.78. The third-order valence-electron chi connectivity index (χ3n) is 4.84. The summed E-state index contributed by atoms with van der Waals surface area (Å²) in [5.41, 5.74) is 1.63. The molecule has 0 atom stereocenters. The summed E-state index contributed by atoms with van der Waals surface area (Å²) >= 11 is 2.90. The van der Waals surface area contributed by atoms with Crippen molar-refractivity contribution < 1.29 is 13.9 Å². The van der Waals surface area contributed by atoms with Gasteiger partial charge in [-0.05, 0) is 48.2 Å². The Labute approximate surface area is 190 Å². The molecule has 0 aliphatic carbocycles. The second kappa shape index (κ2) is 8.52. The number of nitrogens with zero attached hydrogens (tertiary/aromatic N) is 3. The number of fused-ring (bicyclic) bond motifs is 1. The van der Waals surface area contributed by atoms with E-state index in [0.717, 1.165) is 20.7 Å². The van der Waals surface area contributed by atoms with Crippen LogP contribution < -0.4 is 10.4 Å². The van der Waals surface area contributed by atoms with E-state index in [1.54, 1.807) is 10.7 Å². The van der Waals surface area contributed by atoms with Crippen LogP contribution in [-0.2, 0) is 13.2 Å². The predicted molar refractivity (Wildman–Crippen MR) is 123 cm³/mol. The van der Waals surface area contributed by atoms with Gasteiger partial charge >= 0.3 is 5.63 Å². The summed E-state index contributed by atoms with van der Waals surface area (Å²) in [4.78, 5) is 26.5. The first-order valence-corrected chi connectivity index (χ1v) is 11.5. The summed E-state index contributed by atoms with van der Waals surface area (Å²) < 4.78 is 12.8. The van der Waals surface area contributed by atoms with E-state index in [4.69, 9.17) is 9.15 Å². The number of carbonyl (C=O) groups is 1. The number of carbonyl (C=O) groups excluding carboxylic acids is 1. The van der Waals surface area contributed by atoms with Crippen LogP contribution >= 0.6 is 22.7 Å². The van der Waals surface area contributed by atoms with Crippen molar-refractivity contribution in [2.75, 3.05) is 0 Å². The van der Waals surface area contributed by atoms with E-state index in [1.807, 2.05) is 54.9 Å². The Morgan fingerprint density at radius 1 is 1.16 bits per heavy atom. The van der Waals surface area contributed by atoms with Crippen molar-refractivity contribution in [1.82, 2.24) is 15.0 Å². The summed E-state index contributed by atoms with van der Waals surface area (Å²) in [5.74, 6) is 0.626. The lowest BCUT2D eigenvalue weighted by atomic mass is 10.1. The van der Waals surface area contributed by atoms with Crippen molar-refractivity contribution >= 4 is 39.4 Å². The van der Waals surface area contributed by atoms with Crippen molar-refractivity contribution in [2.45, 2.75) is 20.1 Å². The molecule has 4 heterocycles. The van der Waals surface area contributed by atoms with Crippen LogP contribution in [0, 0.1) is 6.92 Å². The molecule has 160 valence electrons. The lowest BCUT2D eigenvalue weighted by Crippen LogP contribution is -1.99. The average Bonchev–Trinajstić information content (AvgIpc) is 3.54. The average molecular weight is 464 g/mol. The maximum absolute atomic E-state index is 12.5.